The van der Waals surface area contributed by atoms with Gasteiger partial charge < -0.3 is 9.84 Å². The van der Waals surface area contributed by atoms with Crippen LogP contribution in [0.1, 0.15) is 15.9 Å². The molecular weight excluding hydrogens is 344 g/mol. The van der Waals surface area contributed by atoms with Gasteiger partial charge in [-0.15, -0.1) is 0 Å². The van der Waals surface area contributed by atoms with Gasteiger partial charge in [0, 0.05) is 5.02 Å². The molecule has 1 N–H and O–H groups in total. The number of hydrogen-bond donors (Lipinski definition) is 1. The molecule has 20 heavy (non-hydrogen) atoms. The number of halogens is 2. The molecule has 100 valence electrons. The molecule has 1 heterocycles. The molecule has 0 amide bonds. The number of Topliss-reactive ketones (excluding diaryl/α,β-unsaturated/α-hetero) is 1. The van der Waals surface area contributed by atoms with E-state index in [0.717, 1.165) is 5.56 Å². The van der Waals surface area contributed by atoms with Crippen LogP contribution in [0.15, 0.2) is 46.6 Å². The lowest BCUT2D eigenvalue weighted by atomic mass is 10.1. The lowest BCUT2D eigenvalue weighted by Crippen LogP contribution is -1.98. The Morgan fingerprint density at radius 1 is 1.20 bits per heavy atom. The Morgan fingerprint density at radius 2 is 2.00 bits per heavy atom. The first kappa shape index (κ1) is 13.2. The van der Waals surface area contributed by atoms with Gasteiger partial charge in [-0.2, -0.15) is 0 Å². The highest BCUT2D eigenvalue weighted by Gasteiger charge is 2.27. The zero-order chi connectivity index (χ0) is 14.3. The molecule has 1 aliphatic heterocycles. The number of phenolic OH excluding ortho intramolecular Hbond substituents is 1. The van der Waals surface area contributed by atoms with E-state index in [1.54, 1.807) is 42.5 Å². The topological polar surface area (TPSA) is 46.5 Å². The molecule has 3 rings (SSSR count). The lowest BCUT2D eigenvalue weighted by Gasteiger charge is -2.00. The molecule has 0 saturated carbocycles. The summed E-state index contributed by atoms with van der Waals surface area (Å²) in [6.07, 6.45) is 1.63. The zero-order valence-corrected chi connectivity index (χ0v) is 12.4. The number of hydrogen-bond acceptors (Lipinski definition) is 3. The molecule has 2 aromatic carbocycles. The second-order valence-corrected chi connectivity index (χ2v) is 5.58. The first-order valence-corrected chi connectivity index (χ1v) is 6.94. The highest BCUT2D eigenvalue weighted by atomic mass is 79.9. The van der Waals surface area contributed by atoms with Crippen LogP contribution in [0.3, 0.4) is 0 Å². The van der Waals surface area contributed by atoms with Crippen molar-refractivity contribution in [2.75, 3.05) is 0 Å². The van der Waals surface area contributed by atoms with Gasteiger partial charge in [0.25, 0.3) is 0 Å². The maximum absolute atomic E-state index is 12.2. The summed E-state index contributed by atoms with van der Waals surface area (Å²) in [7, 11) is 0. The van der Waals surface area contributed by atoms with Crippen molar-refractivity contribution in [1.29, 1.82) is 0 Å². The Hall–Kier alpha value is -1.78. The maximum atomic E-state index is 12.2. The van der Waals surface area contributed by atoms with Crippen LogP contribution in [0.25, 0.3) is 6.08 Å². The largest absolute Gasteiger partial charge is 0.507 e. The maximum Gasteiger partial charge on any atom is 0.232 e. The van der Waals surface area contributed by atoms with Gasteiger partial charge in [0.15, 0.2) is 5.76 Å². The van der Waals surface area contributed by atoms with Crippen LogP contribution in [-0.2, 0) is 0 Å². The standard InChI is InChI=1S/C15H8BrClO3/c16-11-5-8(1-3-12(11)18)6-14-15(19)10-7-9(17)2-4-13(10)20-14/h1-7,18H. The quantitative estimate of drug-likeness (QED) is 0.773. The van der Waals surface area contributed by atoms with E-state index in [-0.39, 0.29) is 17.3 Å². The third kappa shape index (κ3) is 2.32. The second kappa shape index (κ2) is 4.96. The van der Waals surface area contributed by atoms with Crippen molar-refractivity contribution in [3.63, 3.8) is 0 Å². The van der Waals surface area contributed by atoms with Crippen molar-refractivity contribution in [3.8, 4) is 11.5 Å². The molecule has 0 saturated heterocycles. The molecule has 0 aliphatic carbocycles. The summed E-state index contributed by atoms with van der Waals surface area (Å²) in [6.45, 7) is 0. The van der Waals surface area contributed by atoms with Crippen LogP contribution in [0.2, 0.25) is 5.02 Å². The van der Waals surface area contributed by atoms with Gasteiger partial charge in [0.1, 0.15) is 11.5 Å². The molecule has 0 unspecified atom stereocenters. The van der Waals surface area contributed by atoms with E-state index in [1.807, 2.05) is 0 Å². The first-order valence-electron chi connectivity index (χ1n) is 5.77. The summed E-state index contributed by atoms with van der Waals surface area (Å²) in [4.78, 5) is 12.2. The summed E-state index contributed by atoms with van der Waals surface area (Å²) >= 11 is 9.10. The normalized spacial score (nSPS) is 15.3. The summed E-state index contributed by atoms with van der Waals surface area (Å²) < 4.78 is 6.08. The monoisotopic (exact) mass is 350 g/mol. The molecule has 1 aliphatic rings. The van der Waals surface area contributed by atoms with E-state index in [2.05, 4.69) is 15.9 Å². The van der Waals surface area contributed by atoms with E-state index >= 15 is 0 Å². The molecule has 0 aromatic heterocycles. The highest BCUT2D eigenvalue weighted by molar-refractivity contribution is 9.10. The van der Waals surface area contributed by atoms with Crippen molar-refractivity contribution >= 4 is 39.4 Å². The Labute approximate surface area is 128 Å². The molecule has 0 atom stereocenters. The molecule has 2 aromatic rings. The average Bonchev–Trinajstić information content (AvgIpc) is 2.71. The zero-order valence-electron chi connectivity index (χ0n) is 10.1. The van der Waals surface area contributed by atoms with E-state index in [9.17, 15) is 9.90 Å². The number of fused-ring (bicyclic) bond motifs is 1. The third-order valence-electron chi connectivity index (χ3n) is 2.90. The summed E-state index contributed by atoms with van der Waals surface area (Å²) in [5, 5.41) is 9.94. The van der Waals surface area contributed by atoms with Crippen LogP contribution < -0.4 is 4.74 Å². The lowest BCUT2D eigenvalue weighted by molar-refractivity contribution is 0.101. The number of aromatic hydroxyl groups is 1. The molecule has 5 heteroatoms. The minimum Gasteiger partial charge on any atom is -0.507 e. The minimum absolute atomic E-state index is 0.140. The van der Waals surface area contributed by atoms with Gasteiger partial charge in [-0.3, -0.25) is 4.79 Å². The summed E-state index contributed by atoms with van der Waals surface area (Å²) in [6, 6.07) is 9.87. The average molecular weight is 352 g/mol. The van der Waals surface area contributed by atoms with Gasteiger partial charge in [0.2, 0.25) is 5.78 Å². The van der Waals surface area contributed by atoms with Crippen LogP contribution >= 0.6 is 27.5 Å². The van der Waals surface area contributed by atoms with Crippen molar-refractivity contribution in [2.24, 2.45) is 0 Å². The van der Waals surface area contributed by atoms with E-state index in [0.29, 0.717) is 20.8 Å². The van der Waals surface area contributed by atoms with Gasteiger partial charge in [-0.05, 0) is 57.9 Å². The van der Waals surface area contributed by atoms with Crippen molar-refractivity contribution < 1.29 is 14.6 Å². The number of benzene rings is 2. The summed E-state index contributed by atoms with van der Waals surface area (Å²) in [5.41, 5.74) is 1.21. The predicted octanol–water partition coefficient (Wildman–Crippen LogP) is 4.42. The van der Waals surface area contributed by atoms with Gasteiger partial charge in [-0.25, -0.2) is 0 Å². The number of carbonyl (C=O) groups is 1. The summed E-state index contributed by atoms with van der Waals surface area (Å²) in [5.74, 6) is 0.677. The molecule has 0 bridgehead atoms. The molecule has 0 radical (unpaired) electrons. The fraction of sp³-hybridized carbons (Fsp3) is 0. The number of phenols is 1. The Morgan fingerprint density at radius 3 is 2.75 bits per heavy atom. The number of ether oxygens (including phenoxy) is 1. The van der Waals surface area contributed by atoms with Crippen molar-refractivity contribution in [2.45, 2.75) is 0 Å². The van der Waals surface area contributed by atoms with E-state index in [4.69, 9.17) is 16.3 Å². The van der Waals surface area contributed by atoms with Crippen LogP contribution in [0, 0.1) is 0 Å². The number of ketones is 1. The highest BCUT2D eigenvalue weighted by Crippen LogP contribution is 2.34. The molecule has 3 nitrogen and oxygen atoms in total. The fourth-order valence-electron chi connectivity index (χ4n) is 1.93. The van der Waals surface area contributed by atoms with Crippen molar-refractivity contribution in [1.82, 2.24) is 0 Å². The van der Waals surface area contributed by atoms with Gasteiger partial charge >= 0.3 is 0 Å². The number of rotatable bonds is 1. The first-order chi connectivity index (χ1) is 9.54. The molecule has 0 spiro atoms. The fourth-order valence-corrected chi connectivity index (χ4v) is 2.49. The number of allylic oxidation sites excluding steroid dienone is 1. The van der Waals surface area contributed by atoms with Gasteiger partial charge in [0.05, 0.1) is 10.0 Å². The Kier molecular flexibility index (Phi) is 3.28. The van der Waals surface area contributed by atoms with E-state index in [1.165, 1.54) is 0 Å². The smallest absolute Gasteiger partial charge is 0.232 e. The van der Waals surface area contributed by atoms with Gasteiger partial charge in [-0.1, -0.05) is 17.7 Å². The van der Waals surface area contributed by atoms with Crippen molar-refractivity contribution in [3.05, 3.63) is 62.8 Å². The molecular formula is C15H8BrClO3. The third-order valence-corrected chi connectivity index (χ3v) is 3.77. The van der Waals surface area contributed by atoms with Crippen LogP contribution in [-0.4, -0.2) is 10.9 Å². The second-order valence-electron chi connectivity index (χ2n) is 4.29. The van der Waals surface area contributed by atoms with Crippen LogP contribution in [0.5, 0.6) is 11.5 Å². The van der Waals surface area contributed by atoms with Crippen LogP contribution in [0.4, 0.5) is 0 Å². The Balaban J connectivity index is 1.99. The van der Waals surface area contributed by atoms with E-state index < -0.39 is 0 Å². The number of carbonyl (C=O) groups excluding carboxylic acids is 1. The molecule has 0 fully saturated rings. The SMILES string of the molecule is O=C1C(=Cc2ccc(O)c(Br)c2)Oc2ccc(Cl)cc21. The predicted molar refractivity (Wildman–Crippen MR) is 80.2 cm³/mol. The Bertz CT molecular complexity index is 753. The minimum atomic E-state index is -0.202.